The lowest BCUT2D eigenvalue weighted by molar-refractivity contribution is 0.588. The Morgan fingerprint density at radius 1 is 0.375 bits per heavy atom. The second kappa shape index (κ2) is 12.2. The molecule has 230 valence electrons. The molecule has 0 radical (unpaired) electrons. The maximum atomic E-state index is 12.8. The lowest BCUT2D eigenvalue weighted by Crippen LogP contribution is -2.01. The van der Waals surface area contributed by atoms with E-state index >= 15 is 0 Å². The molecule has 0 amide bonds. The Morgan fingerprint density at radius 2 is 0.750 bits per heavy atom. The summed E-state index contributed by atoms with van der Waals surface area (Å²) in [5.41, 5.74) is 7.32. The summed E-state index contributed by atoms with van der Waals surface area (Å²) in [5.74, 6) is 1.90. The van der Waals surface area contributed by atoms with Crippen LogP contribution < -0.4 is 5.30 Å². The smallest absolute Gasteiger partial charge is 0.164 e. The van der Waals surface area contributed by atoms with Gasteiger partial charge in [0.15, 0.2) is 17.5 Å². The van der Waals surface area contributed by atoms with E-state index in [0.29, 0.717) is 17.5 Å². The van der Waals surface area contributed by atoms with E-state index < -0.39 is 7.14 Å². The molecule has 0 saturated carbocycles. The highest BCUT2D eigenvalue weighted by Crippen LogP contribution is 2.44. The summed E-state index contributed by atoms with van der Waals surface area (Å²) >= 11 is 0. The molecule has 0 spiro atoms. The zero-order valence-electron chi connectivity index (χ0n) is 26.7. The van der Waals surface area contributed by atoms with Crippen molar-refractivity contribution in [3.05, 3.63) is 158 Å². The van der Waals surface area contributed by atoms with Crippen molar-refractivity contribution in [1.82, 2.24) is 15.0 Å². The van der Waals surface area contributed by atoms with Gasteiger partial charge in [-0.15, -0.1) is 0 Å². The van der Waals surface area contributed by atoms with E-state index in [4.69, 9.17) is 15.0 Å². The molecule has 0 aliphatic rings. The second-order valence-electron chi connectivity index (χ2n) is 12.4. The van der Waals surface area contributed by atoms with E-state index in [1.165, 1.54) is 16.3 Å². The largest absolute Gasteiger partial charge is 0.319 e. The molecule has 0 atom stereocenters. The van der Waals surface area contributed by atoms with Crippen LogP contribution in [0, 0.1) is 0 Å². The van der Waals surface area contributed by atoms with Crippen molar-refractivity contribution < 1.29 is 4.57 Å². The minimum absolute atomic E-state index is 0.624. The first kappa shape index (κ1) is 29.7. The highest BCUT2D eigenvalue weighted by molar-refractivity contribution is 7.70. The van der Waals surface area contributed by atoms with E-state index in [0.717, 1.165) is 49.5 Å². The summed E-state index contributed by atoms with van der Waals surface area (Å²) in [4.78, 5) is 14.9. The molecule has 48 heavy (non-hydrogen) atoms. The van der Waals surface area contributed by atoms with Gasteiger partial charge in [-0.3, -0.25) is 0 Å². The van der Waals surface area contributed by atoms with E-state index in [2.05, 4.69) is 84.9 Å². The molecule has 0 aliphatic heterocycles. The van der Waals surface area contributed by atoms with Crippen LogP contribution in [0.2, 0.25) is 0 Å². The fourth-order valence-electron chi connectivity index (χ4n) is 6.49. The first-order chi connectivity index (χ1) is 23.4. The van der Waals surface area contributed by atoms with Crippen molar-refractivity contribution in [1.29, 1.82) is 0 Å². The van der Waals surface area contributed by atoms with Gasteiger partial charge in [-0.2, -0.15) is 0 Å². The van der Waals surface area contributed by atoms with Gasteiger partial charge in [0, 0.05) is 22.0 Å². The van der Waals surface area contributed by atoms with Gasteiger partial charge in [0.05, 0.1) is 0 Å². The number of fused-ring (bicyclic) bond motifs is 2. The van der Waals surface area contributed by atoms with Gasteiger partial charge < -0.3 is 4.57 Å². The Labute approximate surface area is 280 Å². The van der Waals surface area contributed by atoms with Crippen LogP contribution in [-0.4, -0.2) is 28.3 Å². The number of nitrogens with zero attached hydrogens (tertiary/aromatic N) is 3. The van der Waals surface area contributed by atoms with Crippen molar-refractivity contribution in [3.8, 4) is 56.4 Å². The molecule has 0 bridgehead atoms. The summed E-state index contributed by atoms with van der Waals surface area (Å²) in [7, 11) is -2.36. The normalized spacial score (nSPS) is 11.6. The second-order valence-corrected chi connectivity index (χ2v) is 15.6. The lowest BCUT2D eigenvalue weighted by Gasteiger charge is -2.18. The molecule has 0 aliphatic carbocycles. The zero-order chi connectivity index (χ0) is 32.7. The third-order valence-corrected chi connectivity index (χ3v) is 10.4. The molecule has 0 fully saturated rings. The quantitative estimate of drug-likeness (QED) is 0.134. The van der Waals surface area contributed by atoms with E-state index in [1.54, 1.807) is 0 Å². The maximum absolute atomic E-state index is 12.8. The number of hydrogen-bond acceptors (Lipinski definition) is 4. The van der Waals surface area contributed by atoms with Gasteiger partial charge in [0.2, 0.25) is 0 Å². The van der Waals surface area contributed by atoms with Crippen LogP contribution in [0.5, 0.6) is 0 Å². The van der Waals surface area contributed by atoms with Crippen LogP contribution in [-0.2, 0) is 4.57 Å². The molecule has 0 unspecified atom stereocenters. The molecule has 7 aromatic carbocycles. The molecule has 1 aromatic heterocycles. The van der Waals surface area contributed by atoms with Crippen molar-refractivity contribution >= 4 is 34.0 Å². The van der Waals surface area contributed by atoms with Crippen LogP contribution >= 0.6 is 7.14 Å². The summed E-state index contributed by atoms with van der Waals surface area (Å²) in [6, 6.07) is 54.1. The number of aromatic nitrogens is 3. The van der Waals surface area contributed by atoms with Gasteiger partial charge in [-0.25, -0.2) is 15.0 Å². The Balaban J connectivity index is 1.33. The zero-order valence-corrected chi connectivity index (χ0v) is 27.6. The fourth-order valence-corrected chi connectivity index (χ4v) is 7.36. The number of benzene rings is 7. The minimum Gasteiger partial charge on any atom is -0.319 e. The van der Waals surface area contributed by atoms with Crippen molar-refractivity contribution in [2.24, 2.45) is 0 Å². The van der Waals surface area contributed by atoms with Crippen molar-refractivity contribution in [2.45, 2.75) is 0 Å². The first-order valence-corrected chi connectivity index (χ1v) is 18.6. The third kappa shape index (κ3) is 5.51. The van der Waals surface area contributed by atoms with E-state index in [9.17, 15) is 4.57 Å². The Kier molecular flexibility index (Phi) is 7.51. The molecule has 4 nitrogen and oxygen atoms in total. The summed E-state index contributed by atoms with van der Waals surface area (Å²) < 4.78 is 12.8. The third-order valence-electron chi connectivity index (χ3n) is 8.82. The molecule has 1 heterocycles. The summed E-state index contributed by atoms with van der Waals surface area (Å²) in [5, 5.41) is 5.54. The van der Waals surface area contributed by atoms with Crippen molar-refractivity contribution in [2.75, 3.05) is 13.3 Å². The van der Waals surface area contributed by atoms with E-state index in [-0.39, 0.29) is 0 Å². The van der Waals surface area contributed by atoms with Crippen LogP contribution in [0.25, 0.3) is 78.0 Å². The lowest BCUT2D eigenvalue weighted by atomic mass is 9.85. The van der Waals surface area contributed by atoms with Gasteiger partial charge in [-0.05, 0) is 63.2 Å². The predicted octanol–water partition coefficient (Wildman–Crippen LogP) is 10.8. The highest BCUT2D eigenvalue weighted by atomic mass is 31.2. The SMILES string of the molecule is CP(C)(=O)c1ccc(-c2c3ccccc3c(-c3cccc(-c4nc(-c5ccccc5)nc(-c5ccccc5)n4)c3)c3ccccc23)cc1. The highest BCUT2D eigenvalue weighted by Gasteiger charge is 2.19. The average Bonchev–Trinajstić information content (AvgIpc) is 3.14. The number of rotatable bonds is 6. The minimum atomic E-state index is -2.36. The molecule has 0 N–H and O–H groups in total. The molecular formula is C43H32N3OP. The molecular weight excluding hydrogens is 605 g/mol. The van der Waals surface area contributed by atoms with Gasteiger partial charge >= 0.3 is 0 Å². The Bertz CT molecular complexity index is 2370. The standard InChI is InChI=1S/C43H32N3OP/c1-48(2,47)34-26-24-29(25-27-34)39-35-20-9-11-22-37(35)40(38-23-12-10-21-36(38)39)32-18-13-19-33(28-32)43-45-41(30-14-5-3-6-15-30)44-42(46-43)31-16-7-4-8-17-31/h3-28H,1-2H3. The fraction of sp³-hybridized carbons (Fsp3) is 0.0465. The molecule has 5 heteroatoms. The Hall–Kier alpha value is -5.70. The summed E-state index contributed by atoms with van der Waals surface area (Å²) in [6.07, 6.45) is 0. The first-order valence-electron chi connectivity index (χ1n) is 16.0. The maximum Gasteiger partial charge on any atom is 0.164 e. The molecule has 8 rings (SSSR count). The van der Waals surface area contributed by atoms with Crippen LogP contribution in [0.3, 0.4) is 0 Å². The van der Waals surface area contributed by atoms with Crippen LogP contribution in [0.15, 0.2) is 158 Å². The van der Waals surface area contributed by atoms with E-state index in [1.807, 2.05) is 86.1 Å². The molecule has 0 saturated heterocycles. The summed E-state index contributed by atoms with van der Waals surface area (Å²) in [6.45, 7) is 3.63. The van der Waals surface area contributed by atoms with Gasteiger partial charge in [0.25, 0.3) is 0 Å². The Morgan fingerprint density at radius 3 is 1.21 bits per heavy atom. The number of hydrogen-bond donors (Lipinski definition) is 0. The topological polar surface area (TPSA) is 55.7 Å². The van der Waals surface area contributed by atoms with Crippen LogP contribution in [0.4, 0.5) is 0 Å². The molecule has 8 aromatic rings. The van der Waals surface area contributed by atoms with Crippen molar-refractivity contribution in [3.63, 3.8) is 0 Å². The van der Waals surface area contributed by atoms with Crippen LogP contribution in [0.1, 0.15) is 0 Å². The predicted molar refractivity (Wildman–Crippen MR) is 201 cm³/mol. The monoisotopic (exact) mass is 637 g/mol. The van der Waals surface area contributed by atoms with Gasteiger partial charge in [0.1, 0.15) is 7.14 Å². The van der Waals surface area contributed by atoms with Gasteiger partial charge in [-0.1, -0.05) is 152 Å². The average molecular weight is 638 g/mol.